The van der Waals surface area contributed by atoms with Crippen molar-refractivity contribution < 1.29 is 14.0 Å². The Balaban J connectivity index is 2.13. The summed E-state index contributed by atoms with van der Waals surface area (Å²) in [6, 6.07) is 7.69. The molecule has 0 saturated heterocycles. The van der Waals surface area contributed by atoms with Crippen LogP contribution >= 0.6 is 0 Å². The number of ether oxygens (including phenoxy) is 1. The molecule has 0 aliphatic carbocycles. The molecule has 0 fully saturated rings. The molecule has 1 aromatic carbocycles. The number of carbonyl (C=O) groups excluding carboxylic acids is 1. The quantitative estimate of drug-likeness (QED) is 0.599. The van der Waals surface area contributed by atoms with Crippen LogP contribution in [0.1, 0.15) is 31.1 Å². The van der Waals surface area contributed by atoms with Gasteiger partial charge in [-0.2, -0.15) is 0 Å². The molecular weight excluding hydrogens is 306 g/mol. The SMILES string of the molecule is COC(=O)c1ccc2ccn(CCO[Si](C)(C)C(C)(C)C)c2c1. The lowest BCUT2D eigenvalue weighted by Gasteiger charge is -2.36. The van der Waals surface area contributed by atoms with E-state index in [1.165, 1.54) is 7.11 Å². The van der Waals surface area contributed by atoms with Crippen LogP contribution in [0.15, 0.2) is 30.5 Å². The second-order valence-electron chi connectivity index (χ2n) is 7.38. The third kappa shape index (κ3) is 3.84. The highest BCUT2D eigenvalue weighted by Crippen LogP contribution is 2.36. The van der Waals surface area contributed by atoms with Crippen LogP contribution in [-0.4, -0.2) is 32.6 Å². The molecule has 5 heteroatoms. The average molecular weight is 334 g/mol. The van der Waals surface area contributed by atoms with Crippen molar-refractivity contribution in [3.8, 4) is 0 Å². The van der Waals surface area contributed by atoms with E-state index in [-0.39, 0.29) is 11.0 Å². The minimum Gasteiger partial charge on any atom is -0.465 e. The minimum absolute atomic E-state index is 0.212. The molecule has 0 N–H and O–H groups in total. The predicted molar refractivity (Wildman–Crippen MR) is 96.4 cm³/mol. The zero-order chi connectivity index (χ0) is 17.3. The molecule has 0 unspecified atom stereocenters. The van der Waals surface area contributed by atoms with E-state index < -0.39 is 8.32 Å². The van der Waals surface area contributed by atoms with E-state index in [9.17, 15) is 4.79 Å². The summed E-state index contributed by atoms with van der Waals surface area (Å²) in [4.78, 5) is 11.7. The molecule has 0 bridgehead atoms. The van der Waals surface area contributed by atoms with E-state index in [0.717, 1.165) is 17.4 Å². The average Bonchev–Trinajstić information content (AvgIpc) is 2.87. The van der Waals surface area contributed by atoms with Crippen molar-refractivity contribution in [1.29, 1.82) is 0 Å². The molecule has 1 aromatic heterocycles. The summed E-state index contributed by atoms with van der Waals surface area (Å²) in [6.45, 7) is 12.7. The Hall–Kier alpha value is -1.59. The molecule has 0 radical (unpaired) electrons. The maximum atomic E-state index is 11.7. The first-order chi connectivity index (χ1) is 10.7. The van der Waals surface area contributed by atoms with Crippen molar-refractivity contribution in [1.82, 2.24) is 4.57 Å². The molecule has 0 aliphatic heterocycles. The maximum Gasteiger partial charge on any atom is 0.337 e. The third-order valence-corrected chi connectivity index (χ3v) is 9.33. The molecule has 0 atom stereocenters. The van der Waals surface area contributed by atoms with Gasteiger partial charge in [0.2, 0.25) is 0 Å². The summed E-state index contributed by atoms with van der Waals surface area (Å²) in [5.74, 6) is -0.308. The first kappa shape index (κ1) is 17.8. The van der Waals surface area contributed by atoms with Gasteiger partial charge in [-0.1, -0.05) is 26.8 Å². The fourth-order valence-electron chi connectivity index (χ4n) is 2.24. The molecule has 23 heavy (non-hydrogen) atoms. The third-order valence-electron chi connectivity index (χ3n) is 4.80. The monoisotopic (exact) mass is 333 g/mol. The highest BCUT2D eigenvalue weighted by atomic mass is 28.4. The highest BCUT2D eigenvalue weighted by molar-refractivity contribution is 6.74. The lowest BCUT2D eigenvalue weighted by atomic mass is 10.1. The molecular formula is C18H27NO3Si. The van der Waals surface area contributed by atoms with Gasteiger partial charge in [0.15, 0.2) is 8.32 Å². The van der Waals surface area contributed by atoms with Gasteiger partial charge in [-0.05, 0) is 41.7 Å². The van der Waals surface area contributed by atoms with Crippen LogP contribution in [0, 0.1) is 0 Å². The molecule has 0 aliphatic rings. The van der Waals surface area contributed by atoms with Gasteiger partial charge in [0.25, 0.3) is 0 Å². The fraction of sp³-hybridized carbons (Fsp3) is 0.500. The Morgan fingerprint density at radius 2 is 1.91 bits per heavy atom. The van der Waals surface area contributed by atoms with Crippen LogP contribution in [0.2, 0.25) is 18.1 Å². The smallest absolute Gasteiger partial charge is 0.337 e. The first-order valence-electron chi connectivity index (χ1n) is 7.97. The molecule has 0 amide bonds. The number of methoxy groups -OCH3 is 1. The van der Waals surface area contributed by atoms with Crippen LogP contribution in [0.3, 0.4) is 0 Å². The summed E-state index contributed by atoms with van der Waals surface area (Å²) in [7, 11) is -0.326. The number of fused-ring (bicyclic) bond motifs is 1. The predicted octanol–water partition coefficient (Wildman–Crippen LogP) is 4.45. The Morgan fingerprint density at radius 1 is 1.22 bits per heavy atom. The normalized spacial score (nSPS) is 12.6. The second kappa shape index (κ2) is 6.49. The molecule has 0 spiro atoms. The van der Waals surface area contributed by atoms with Crippen molar-refractivity contribution >= 4 is 25.2 Å². The van der Waals surface area contributed by atoms with Crippen molar-refractivity contribution in [3.05, 3.63) is 36.0 Å². The Kier molecular flexibility index (Phi) is 5.01. The zero-order valence-corrected chi connectivity index (χ0v) is 16.0. The topological polar surface area (TPSA) is 40.5 Å². The van der Waals surface area contributed by atoms with E-state index >= 15 is 0 Å². The molecule has 1 heterocycles. The molecule has 0 saturated carbocycles. The Morgan fingerprint density at radius 3 is 2.52 bits per heavy atom. The van der Waals surface area contributed by atoms with Crippen LogP contribution in [0.5, 0.6) is 0 Å². The number of rotatable bonds is 5. The molecule has 4 nitrogen and oxygen atoms in total. The second-order valence-corrected chi connectivity index (χ2v) is 12.2. The fourth-order valence-corrected chi connectivity index (χ4v) is 3.27. The summed E-state index contributed by atoms with van der Waals surface area (Å²) in [5.41, 5.74) is 1.61. The standard InChI is InChI=1S/C18H27NO3Si/c1-18(2,3)23(5,6)22-12-11-19-10-9-14-7-8-15(13-16(14)19)17(20)21-4/h7-10,13H,11-12H2,1-6H3. The van der Waals surface area contributed by atoms with Gasteiger partial charge in [0.05, 0.1) is 19.3 Å². The van der Waals surface area contributed by atoms with Gasteiger partial charge in [-0.3, -0.25) is 0 Å². The van der Waals surface area contributed by atoms with Crippen molar-refractivity contribution in [3.63, 3.8) is 0 Å². The highest BCUT2D eigenvalue weighted by Gasteiger charge is 2.36. The van der Waals surface area contributed by atoms with Gasteiger partial charge in [-0.15, -0.1) is 0 Å². The number of nitrogens with zero attached hydrogens (tertiary/aromatic N) is 1. The van der Waals surface area contributed by atoms with E-state index in [0.29, 0.717) is 12.2 Å². The Bertz CT molecular complexity index is 698. The Labute approximate surface area is 139 Å². The molecule has 2 aromatic rings. The minimum atomic E-state index is -1.73. The maximum absolute atomic E-state index is 11.7. The lowest BCUT2D eigenvalue weighted by Crippen LogP contribution is -2.41. The zero-order valence-electron chi connectivity index (χ0n) is 15.0. The van der Waals surface area contributed by atoms with Gasteiger partial charge in [-0.25, -0.2) is 4.79 Å². The van der Waals surface area contributed by atoms with Crippen LogP contribution in [-0.2, 0) is 15.7 Å². The van der Waals surface area contributed by atoms with E-state index in [4.69, 9.17) is 9.16 Å². The largest absolute Gasteiger partial charge is 0.465 e. The number of benzene rings is 1. The number of carbonyl (C=O) groups is 1. The van der Waals surface area contributed by atoms with Gasteiger partial charge in [0.1, 0.15) is 0 Å². The summed E-state index contributed by atoms with van der Waals surface area (Å²) < 4.78 is 13.2. The van der Waals surface area contributed by atoms with E-state index in [1.807, 2.05) is 18.3 Å². The van der Waals surface area contributed by atoms with Crippen molar-refractivity contribution in [2.45, 2.75) is 45.4 Å². The summed E-state index contributed by atoms with van der Waals surface area (Å²) in [5, 5.41) is 1.33. The lowest BCUT2D eigenvalue weighted by molar-refractivity contribution is 0.0601. The number of aromatic nitrogens is 1. The molecule has 126 valence electrons. The van der Waals surface area contributed by atoms with E-state index in [1.54, 1.807) is 6.07 Å². The van der Waals surface area contributed by atoms with Crippen LogP contribution in [0.4, 0.5) is 0 Å². The molecule has 2 rings (SSSR count). The van der Waals surface area contributed by atoms with Gasteiger partial charge >= 0.3 is 5.97 Å². The van der Waals surface area contributed by atoms with Crippen LogP contribution in [0.25, 0.3) is 10.9 Å². The van der Waals surface area contributed by atoms with Crippen LogP contribution < -0.4 is 0 Å². The number of hydrogen-bond acceptors (Lipinski definition) is 3. The van der Waals surface area contributed by atoms with Gasteiger partial charge in [0, 0.05) is 18.3 Å². The first-order valence-corrected chi connectivity index (χ1v) is 10.9. The summed E-state index contributed by atoms with van der Waals surface area (Å²) in [6.07, 6.45) is 2.04. The van der Waals surface area contributed by atoms with Crippen molar-refractivity contribution in [2.24, 2.45) is 0 Å². The summed E-state index contributed by atoms with van der Waals surface area (Å²) >= 11 is 0. The number of esters is 1. The van der Waals surface area contributed by atoms with Crippen molar-refractivity contribution in [2.75, 3.05) is 13.7 Å². The van der Waals surface area contributed by atoms with E-state index in [2.05, 4.69) is 44.5 Å². The number of hydrogen-bond donors (Lipinski definition) is 0. The van der Waals surface area contributed by atoms with Gasteiger partial charge < -0.3 is 13.7 Å².